The Bertz CT molecular complexity index is 1930. The fourth-order valence-corrected chi connectivity index (χ4v) is 5.63. The van der Waals surface area contributed by atoms with E-state index in [1.807, 2.05) is 63.5 Å². The SMILES string of the molecule is Cc1cccc(Nc2c3cccc(C)c3nc3c(C(=O)NCCCC(=O)Nc4cc(C(=O)NCCCN(C)C)n(C)c4)cccc23)c1. The lowest BCUT2D eigenvalue weighted by molar-refractivity contribution is -0.116. The molecule has 0 saturated heterocycles. The molecule has 5 aromatic rings. The van der Waals surface area contributed by atoms with Gasteiger partial charge in [-0.3, -0.25) is 14.4 Å². The Labute approximate surface area is 275 Å². The van der Waals surface area contributed by atoms with Gasteiger partial charge in [0.1, 0.15) is 5.69 Å². The van der Waals surface area contributed by atoms with Gasteiger partial charge in [-0.05, 0) is 82.7 Å². The maximum absolute atomic E-state index is 13.4. The highest BCUT2D eigenvalue weighted by Crippen LogP contribution is 2.35. The van der Waals surface area contributed by atoms with E-state index in [4.69, 9.17) is 4.98 Å². The van der Waals surface area contributed by atoms with Crippen LogP contribution in [-0.2, 0) is 11.8 Å². The topological polar surface area (TPSA) is 120 Å². The molecule has 2 heterocycles. The predicted octanol–water partition coefficient (Wildman–Crippen LogP) is 5.92. The van der Waals surface area contributed by atoms with Crippen LogP contribution in [0.3, 0.4) is 0 Å². The van der Waals surface area contributed by atoms with E-state index in [2.05, 4.69) is 45.2 Å². The van der Waals surface area contributed by atoms with Gasteiger partial charge in [-0.2, -0.15) is 0 Å². The number of para-hydroxylation sites is 2. The second kappa shape index (κ2) is 14.9. The highest BCUT2D eigenvalue weighted by molar-refractivity contribution is 6.15. The largest absolute Gasteiger partial charge is 0.354 e. The maximum Gasteiger partial charge on any atom is 0.267 e. The van der Waals surface area contributed by atoms with Crippen LogP contribution in [0.1, 0.15) is 51.2 Å². The highest BCUT2D eigenvalue weighted by atomic mass is 16.2. The molecule has 244 valence electrons. The molecule has 3 amide bonds. The summed E-state index contributed by atoms with van der Waals surface area (Å²) in [4.78, 5) is 45.7. The lowest BCUT2D eigenvalue weighted by Gasteiger charge is -2.16. The van der Waals surface area contributed by atoms with Crippen LogP contribution in [0.15, 0.2) is 72.9 Å². The van der Waals surface area contributed by atoms with Gasteiger partial charge in [0.05, 0.1) is 28.0 Å². The van der Waals surface area contributed by atoms with Gasteiger partial charge in [-0.15, -0.1) is 0 Å². The molecule has 2 aromatic heterocycles. The normalized spacial score (nSPS) is 11.2. The first-order chi connectivity index (χ1) is 22.6. The molecule has 0 spiro atoms. The van der Waals surface area contributed by atoms with Crippen LogP contribution < -0.4 is 21.3 Å². The summed E-state index contributed by atoms with van der Waals surface area (Å²) in [5.74, 6) is -0.621. The first-order valence-corrected chi connectivity index (χ1v) is 15.9. The number of aryl methyl sites for hydroxylation is 3. The summed E-state index contributed by atoms with van der Waals surface area (Å²) in [6.07, 6.45) is 3.23. The highest BCUT2D eigenvalue weighted by Gasteiger charge is 2.18. The number of anilines is 3. The minimum Gasteiger partial charge on any atom is -0.354 e. The van der Waals surface area contributed by atoms with Crippen molar-refractivity contribution in [1.82, 2.24) is 25.1 Å². The smallest absolute Gasteiger partial charge is 0.267 e. The van der Waals surface area contributed by atoms with Crippen molar-refractivity contribution in [2.45, 2.75) is 33.1 Å². The molecule has 0 saturated carbocycles. The van der Waals surface area contributed by atoms with Crippen molar-refractivity contribution in [2.24, 2.45) is 7.05 Å². The third kappa shape index (κ3) is 8.14. The summed E-state index contributed by atoms with van der Waals surface area (Å²) in [6.45, 7) is 5.85. The van der Waals surface area contributed by atoms with Gasteiger partial charge in [0.25, 0.3) is 11.8 Å². The summed E-state index contributed by atoms with van der Waals surface area (Å²) in [5, 5.41) is 14.2. The number of fused-ring (bicyclic) bond motifs is 2. The average Bonchev–Trinajstić information content (AvgIpc) is 3.40. The van der Waals surface area contributed by atoms with Crippen molar-refractivity contribution in [3.8, 4) is 0 Å². The Kier molecular flexibility index (Phi) is 10.5. The molecule has 0 radical (unpaired) electrons. The molecule has 0 aliphatic heterocycles. The second-order valence-corrected chi connectivity index (χ2v) is 12.2. The Balaban J connectivity index is 1.22. The predicted molar refractivity (Wildman–Crippen MR) is 190 cm³/mol. The third-order valence-corrected chi connectivity index (χ3v) is 8.02. The van der Waals surface area contributed by atoms with Crippen LogP contribution in [-0.4, -0.2) is 65.9 Å². The van der Waals surface area contributed by atoms with E-state index in [0.717, 1.165) is 51.8 Å². The number of benzene rings is 3. The number of aromatic nitrogens is 2. The molecule has 47 heavy (non-hydrogen) atoms. The number of amides is 3. The van der Waals surface area contributed by atoms with Crippen molar-refractivity contribution in [3.63, 3.8) is 0 Å². The molecule has 0 bridgehead atoms. The van der Waals surface area contributed by atoms with Gasteiger partial charge in [-0.1, -0.05) is 42.5 Å². The van der Waals surface area contributed by atoms with E-state index in [-0.39, 0.29) is 24.1 Å². The van der Waals surface area contributed by atoms with Crippen LogP contribution in [0.25, 0.3) is 21.8 Å². The molecule has 0 fully saturated rings. The summed E-state index contributed by atoms with van der Waals surface area (Å²) < 4.78 is 1.70. The molecule has 5 rings (SSSR count). The van der Waals surface area contributed by atoms with Crippen molar-refractivity contribution in [3.05, 3.63) is 95.3 Å². The van der Waals surface area contributed by atoms with Gasteiger partial charge in [0, 0.05) is 49.2 Å². The van der Waals surface area contributed by atoms with Gasteiger partial charge >= 0.3 is 0 Å². The molecule has 3 aromatic carbocycles. The molecule has 0 aliphatic carbocycles. The van der Waals surface area contributed by atoms with Crippen LogP contribution in [0.2, 0.25) is 0 Å². The Morgan fingerprint density at radius 2 is 1.51 bits per heavy atom. The lowest BCUT2D eigenvalue weighted by Crippen LogP contribution is -2.28. The fraction of sp³-hybridized carbons (Fsp3) is 0.297. The number of nitrogens with zero attached hydrogens (tertiary/aromatic N) is 3. The van der Waals surface area contributed by atoms with Crippen molar-refractivity contribution >= 4 is 56.6 Å². The van der Waals surface area contributed by atoms with Gasteiger partial charge in [0.2, 0.25) is 5.91 Å². The lowest BCUT2D eigenvalue weighted by atomic mass is 10.0. The molecule has 0 atom stereocenters. The maximum atomic E-state index is 13.4. The van der Waals surface area contributed by atoms with E-state index in [0.29, 0.717) is 42.0 Å². The monoisotopic (exact) mass is 633 g/mol. The molecule has 10 heteroatoms. The number of rotatable bonds is 13. The number of hydrogen-bond acceptors (Lipinski definition) is 6. The third-order valence-electron chi connectivity index (χ3n) is 8.02. The van der Waals surface area contributed by atoms with Crippen molar-refractivity contribution < 1.29 is 14.4 Å². The van der Waals surface area contributed by atoms with E-state index < -0.39 is 0 Å². The minimum absolute atomic E-state index is 0.182. The van der Waals surface area contributed by atoms with Crippen LogP contribution >= 0.6 is 0 Å². The van der Waals surface area contributed by atoms with E-state index >= 15 is 0 Å². The van der Waals surface area contributed by atoms with Crippen LogP contribution in [0.4, 0.5) is 17.1 Å². The molecular formula is C37H43N7O3. The molecule has 10 nitrogen and oxygen atoms in total. The Morgan fingerprint density at radius 1 is 0.809 bits per heavy atom. The van der Waals surface area contributed by atoms with E-state index in [1.165, 1.54) is 0 Å². The number of hydrogen-bond donors (Lipinski definition) is 4. The second-order valence-electron chi connectivity index (χ2n) is 12.2. The minimum atomic E-state index is -0.248. The van der Waals surface area contributed by atoms with Crippen LogP contribution in [0.5, 0.6) is 0 Å². The summed E-state index contributed by atoms with van der Waals surface area (Å²) >= 11 is 0. The summed E-state index contributed by atoms with van der Waals surface area (Å²) in [6, 6.07) is 21.6. The zero-order chi connectivity index (χ0) is 33.5. The number of nitrogens with one attached hydrogen (secondary N) is 4. The molecule has 0 unspecified atom stereocenters. The zero-order valence-electron chi connectivity index (χ0n) is 27.7. The summed E-state index contributed by atoms with van der Waals surface area (Å²) in [5.41, 5.74) is 6.96. The fourth-order valence-electron chi connectivity index (χ4n) is 5.63. The Hall–Kier alpha value is -5.22. The van der Waals surface area contributed by atoms with Gasteiger partial charge < -0.3 is 30.7 Å². The van der Waals surface area contributed by atoms with E-state index in [9.17, 15) is 14.4 Å². The molecule has 0 aliphatic rings. The van der Waals surface area contributed by atoms with Gasteiger partial charge in [-0.25, -0.2) is 4.98 Å². The number of carbonyl (C=O) groups excluding carboxylic acids is 3. The van der Waals surface area contributed by atoms with Crippen molar-refractivity contribution in [1.29, 1.82) is 0 Å². The van der Waals surface area contributed by atoms with E-state index in [1.54, 1.807) is 29.9 Å². The van der Waals surface area contributed by atoms with Crippen LogP contribution in [0, 0.1) is 13.8 Å². The van der Waals surface area contributed by atoms with Gasteiger partial charge in [0.15, 0.2) is 0 Å². The number of pyridine rings is 1. The number of carbonyl (C=O) groups is 3. The zero-order valence-corrected chi connectivity index (χ0v) is 27.7. The quantitative estimate of drug-likeness (QED) is 0.0945. The molecule has 4 N–H and O–H groups in total. The average molecular weight is 634 g/mol. The first kappa shape index (κ1) is 33.2. The standard InChI is InChI=1S/C37H43N7O3/c1-24-11-6-13-26(21-24)41-34-28-14-7-12-25(2)33(28)42-35-29(34)15-8-16-30(35)36(46)38-18-9-17-32(45)40-27-22-31(44(5)23-27)37(47)39-19-10-20-43(3)4/h6-8,11-16,21-23H,9-10,17-20H2,1-5H3,(H,38,46)(H,39,47)(H,40,45)(H,41,42). The molecular weight excluding hydrogens is 590 g/mol. The first-order valence-electron chi connectivity index (χ1n) is 15.9. The van der Waals surface area contributed by atoms with Crippen molar-refractivity contribution in [2.75, 3.05) is 44.4 Å². The Morgan fingerprint density at radius 3 is 2.28 bits per heavy atom. The summed E-state index contributed by atoms with van der Waals surface area (Å²) in [7, 11) is 5.76.